The fourth-order valence-electron chi connectivity index (χ4n) is 1.24. The molecule has 0 aliphatic heterocycles. The molecule has 16 heavy (non-hydrogen) atoms. The molecule has 0 saturated carbocycles. The third-order valence-corrected chi connectivity index (χ3v) is 1.98. The summed E-state index contributed by atoms with van der Waals surface area (Å²) in [5.41, 5.74) is 3.17. The van der Waals surface area contributed by atoms with Gasteiger partial charge in [0.05, 0.1) is 10.4 Å². The van der Waals surface area contributed by atoms with E-state index in [1.807, 2.05) is 0 Å². The first-order valence-corrected chi connectivity index (χ1v) is 3.88. The van der Waals surface area contributed by atoms with Crippen LogP contribution in [0.4, 0.5) is 26.3 Å². The molecule has 0 amide bonds. The summed E-state index contributed by atoms with van der Waals surface area (Å²) in [7, 11) is 0. The van der Waals surface area contributed by atoms with Gasteiger partial charge in [-0.05, 0) is 5.73 Å². The summed E-state index contributed by atoms with van der Waals surface area (Å²) in [5.74, 6) is -11.7. The van der Waals surface area contributed by atoms with Crippen molar-refractivity contribution in [2.45, 2.75) is 0 Å². The number of halogens is 6. The minimum atomic E-state index is -2.21. The molecule has 1 aliphatic rings. The van der Waals surface area contributed by atoms with E-state index in [1.165, 1.54) is 5.73 Å². The summed E-state index contributed by atoms with van der Waals surface area (Å²) in [4.78, 5) is 0. The highest BCUT2D eigenvalue weighted by molar-refractivity contribution is 5.57. The Labute approximate surface area is 84.1 Å². The molecule has 0 nitrogen and oxygen atoms in total. The van der Waals surface area contributed by atoms with E-state index in [1.54, 1.807) is 5.73 Å². The van der Waals surface area contributed by atoms with Crippen LogP contribution in [-0.2, 0) is 0 Å². The molecule has 1 aromatic carbocycles. The van der Waals surface area contributed by atoms with Crippen LogP contribution in [0, 0.1) is 23.3 Å². The molecule has 0 N–H and O–H groups in total. The minimum absolute atomic E-state index is 1.03. The summed E-state index contributed by atoms with van der Waals surface area (Å²) in [5, 5.41) is -2.36. The Bertz CT molecular complexity index is 687. The zero-order valence-corrected chi connectivity index (χ0v) is 7.27. The molecule has 0 radical (unpaired) electrons. The molecule has 2 rings (SSSR count). The second kappa shape index (κ2) is 3.30. The van der Waals surface area contributed by atoms with Crippen LogP contribution in [0.15, 0.2) is 11.6 Å². The molecule has 0 saturated heterocycles. The molecular formula is C10F6. The normalized spacial score (nSPS) is 13.4. The fraction of sp³-hybridized carbons (Fsp3) is 0. The second-order valence-corrected chi connectivity index (χ2v) is 2.88. The van der Waals surface area contributed by atoms with E-state index in [0.717, 1.165) is 0 Å². The first-order valence-electron chi connectivity index (χ1n) is 3.88. The zero-order chi connectivity index (χ0) is 12.0. The lowest BCUT2D eigenvalue weighted by Gasteiger charge is -2.01. The van der Waals surface area contributed by atoms with Gasteiger partial charge in [-0.2, -0.15) is 4.39 Å². The average Bonchev–Trinajstić information content (AvgIpc) is 2.27. The lowest BCUT2D eigenvalue weighted by atomic mass is 10.1. The summed E-state index contributed by atoms with van der Waals surface area (Å²) in [6, 6.07) is 0. The van der Waals surface area contributed by atoms with Crippen LogP contribution >= 0.6 is 0 Å². The highest BCUT2D eigenvalue weighted by Gasteiger charge is 2.23. The summed E-state index contributed by atoms with van der Waals surface area (Å²) in [6.45, 7) is 0. The Kier molecular flexibility index (Phi) is 2.19. The summed E-state index contributed by atoms with van der Waals surface area (Å²) < 4.78 is 77.2. The average molecular weight is 234 g/mol. The smallest absolute Gasteiger partial charge is 0.203 e. The molecule has 0 aromatic heterocycles. The van der Waals surface area contributed by atoms with Crippen LogP contribution in [0.3, 0.4) is 0 Å². The van der Waals surface area contributed by atoms with Crippen LogP contribution in [0.2, 0.25) is 0 Å². The Morgan fingerprint density at radius 1 is 0.625 bits per heavy atom. The largest absolute Gasteiger partial charge is 0.209 e. The quantitative estimate of drug-likeness (QED) is 0.277. The van der Waals surface area contributed by atoms with Crippen molar-refractivity contribution in [3.8, 4) is 0 Å². The highest BCUT2D eigenvalue weighted by atomic mass is 19.2. The Hall–Kier alpha value is -1.90. The van der Waals surface area contributed by atoms with E-state index in [0.29, 0.717) is 0 Å². The second-order valence-electron chi connectivity index (χ2n) is 2.88. The Morgan fingerprint density at radius 3 is 1.81 bits per heavy atom. The van der Waals surface area contributed by atoms with Crippen molar-refractivity contribution in [2.75, 3.05) is 0 Å². The van der Waals surface area contributed by atoms with Gasteiger partial charge in [0.2, 0.25) is 5.83 Å². The molecule has 1 aromatic rings. The fourth-order valence-corrected chi connectivity index (χ4v) is 1.24. The highest BCUT2D eigenvalue weighted by Crippen LogP contribution is 2.15. The number of fused-ring (bicyclic) bond motifs is 1. The predicted molar refractivity (Wildman–Crippen MR) is 41.6 cm³/mol. The van der Waals surface area contributed by atoms with Crippen LogP contribution < -0.4 is 10.4 Å². The van der Waals surface area contributed by atoms with Gasteiger partial charge in [-0.25, -0.2) is 22.0 Å². The van der Waals surface area contributed by atoms with E-state index in [4.69, 9.17) is 0 Å². The van der Waals surface area contributed by atoms with Crippen molar-refractivity contribution >= 4 is 11.6 Å². The minimum Gasteiger partial charge on any atom is -0.203 e. The van der Waals surface area contributed by atoms with Gasteiger partial charge < -0.3 is 0 Å². The summed E-state index contributed by atoms with van der Waals surface area (Å²) >= 11 is 0. The molecule has 0 unspecified atom stereocenters. The molecule has 1 aliphatic carbocycles. The Balaban J connectivity index is 3.24. The first-order chi connectivity index (χ1) is 7.45. The number of rotatable bonds is 0. The van der Waals surface area contributed by atoms with Gasteiger partial charge in [-0.15, -0.1) is 0 Å². The maximum atomic E-state index is 13.1. The molecule has 82 valence electrons. The van der Waals surface area contributed by atoms with Crippen molar-refractivity contribution in [3.63, 3.8) is 0 Å². The van der Waals surface area contributed by atoms with Gasteiger partial charge in [-0.1, -0.05) is 5.73 Å². The van der Waals surface area contributed by atoms with Crippen LogP contribution in [0.1, 0.15) is 0 Å². The topological polar surface area (TPSA) is 0 Å². The molecule has 0 heterocycles. The maximum absolute atomic E-state index is 13.1. The Morgan fingerprint density at radius 2 is 1.19 bits per heavy atom. The maximum Gasteiger partial charge on any atom is 0.209 e. The third kappa shape index (κ3) is 1.21. The van der Waals surface area contributed by atoms with E-state index in [2.05, 4.69) is 0 Å². The van der Waals surface area contributed by atoms with E-state index < -0.39 is 45.4 Å². The SMILES string of the molecule is FC1=C=C=c2c(F)c(F)c(F)c(F)c2=C1F. The van der Waals surface area contributed by atoms with Gasteiger partial charge in [0.15, 0.2) is 29.1 Å². The third-order valence-electron chi connectivity index (χ3n) is 1.98. The van der Waals surface area contributed by atoms with Gasteiger partial charge >= 0.3 is 0 Å². The molecule has 0 bridgehead atoms. The van der Waals surface area contributed by atoms with Crippen LogP contribution in [-0.4, -0.2) is 0 Å². The molecule has 0 atom stereocenters. The molecule has 0 fully saturated rings. The number of allylic oxidation sites excluding steroid dienone is 1. The van der Waals surface area contributed by atoms with Crippen LogP contribution in [0.5, 0.6) is 0 Å². The molecule has 6 heteroatoms. The van der Waals surface area contributed by atoms with Gasteiger partial charge in [0.1, 0.15) is 0 Å². The lowest BCUT2D eigenvalue weighted by molar-refractivity contribution is 0.400. The predicted octanol–water partition coefficient (Wildman–Crippen LogP) is 1.72. The summed E-state index contributed by atoms with van der Waals surface area (Å²) in [6.07, 6.45) is 0. The molecular weight excluding hydrogens is 234 g/mol. The van der Waals surface area contributed by atoms with E-state index in [-0.39, 0.29) is 0 Å². The van der Waals surface area contributed by atoms with Crippen molar-refractivity contribution in [3.05, 3.63) is 45.3 Å². The zero-order valence-electron chi connectivity index (χ0n) is 7.27. The van der Waals surface area contributed by atoms with Crippen molar-refractivity contribution in [1.29, 1.82) is 0 Å². The van der Waals surface area contributed by atoms with Gasteiger partial charge in [0, 0.05) is 0 Å². The van der Waals surface area contributed by atoms with Gasteiger partial charge in [0.25, 0.3) is 0 Å². The number of hydrogen-bond donors (Lipinski definition) is 0. The number of benzene rings is 1. The standard InChI is InChI=1S/C10F6/c11-4-2-1-3-5(7(4)13)8(14)10(16)9(15)6(3)12. The van der Waals surface area contributed by atoms with E-state index >= 15 is 0 Å². The van der Waals surface area contributed by atoms with E-state index in [9.17, 15) is 26.3 Å². The van der Waals surface area contributed by atoms with Crippen molar-refractivity contribution in [2.24, 2.45) is 0 Å². The monoisotopic (exact) mass is 234 g/mol. The van der Waals surface area contributed by atoms with Crippen molar-refractivity contribution in [1.82, 2.24) is 0 Å². The van der Waals surface area contributed by atoms with Crippen LogP contribution in [0.25, 0.3) is 11.6 Å². The van der Waals surface area contributed by atoms with Crippen molar-refractivity contribution < 1.29 is 26.3 Å². The van der Waals surface area contributed by atoms with Gasteiger partial charge in [-0.3, -0.25) is 0 Å². The lowest BCUT2D eigenvalue weighted by Crippen LogP contribution is -2.36. The first kappa shape index (κ1) is 10.6. The molecule has 0 spiro atoms. The number of hydrogen-bond acceptors (Lipinski definition) is 0.